The summed E-state index contributed by atoms with van der Waals surface area (Å²) < 4.78 is 0. The monoisotopic (exact) mass is 466 g/mol. The predicted molar refractivity (Wildman–Crippen MR) is 154 cm³/mol. The number of benzene rings is 4. The van der Waals surface area contributed by atoms with E-state index >= 15 is 0 Å². The molecule has 0 atom stereocenters. The van der Waals surface area contributed by atoms with Crippen molar-refractivity contribution in [1.82, 2.24) is 9.97 Å². The smallest absolute Gasteiger partial charge is 0.0780 e. The summed E-state index contributed by atoms with van der Waals surface area (Å²) in [7, 11) is 0. The zero-order chi connectivity index (χ0) is 24.8. The van der Waals surface area contributed by atoms with E-state index in [-0.39, 0.29) is 0 Å². The van der Waals surface area contributed by atoms with Crippen LogP contribution in [-0.4, -0.2) is 9.97 Å². The van der Waals surface area contributed by atoms with Crippen LogP contribution in [0.2, 0.25) is 0 Å². The number of hydrogen-bond acceptors (Lipinski definition) is 2. The fraction of sp³-hybridized carbons (Fsp3) is 0.176. The van der Waals surface area contributed by atoms with Crippen molar-refractivity contribution in [3.05, 3.63) is 108 Å². The van der Waals surface area contributed by atoms with Gasteiger partial charge in [-0.25, -0.2) is 0 Å². The van der Waals surface area contributed by atoms with E-state index in [9.17, 15) is 0 Å². The molecule has 6 rings (SSSR count). The fourth-order valence-corrected chi connectivity index (χ4v) is 5.20. The fourth-order valence-electron chi connectivity index (χ4n) is 5.20. The molecule has 2 heterocycles. The van der Waals surface area contributed by atoms with Gasteiger partial charge in [0.1, 0.15) is 0 Å². The van der Waals surface area contributed by atoms with Crippen molar-refractivity contribution in [3.63, 3.8) is 0 Å². The zero-order valence-electron chi connectivity index (χ0n) is 21.3. The van der Waals surface area contributed by atoms with Crippen LogP contribution in [0.3, 0.4) is 0 Å². The first-order chi connectivity index (χ1) is 17.5. The second kappa shape index (κ2) is 8.87. The van der Waals surface area contributed by atoms with Gasteiger partial charge < -0.3 is 0 Å². The molecule has 0 spiro atoms. The number of aromatic nitrogens is 2. The van der Waals surface area contributed by atoms with Crippen molar-refractivity contribution >= 4 is 32.3 Å². The summed E-state index contributed by atoms with van der Waals surface area (Å²) in [5, 5.41) is 7.27. The first-order valence-corrected chi connectivity index (χ1v) is 12.8. The molecule has 2 aromatic heterocycles. The molecular formula is C34H30N2. The minimum absolute atomic E-state index is 0.472. The Morgan fingerprint density at radius 2 is 1.14 bits per heavy atom. The Bertz CT molecular complexity index is 1710. The maximum atomic E-state index is 4.87. The summed E-state index contributed by atoms with van der Waals surface area (Å²) in [6.45, 7) is 9.04. The van der Waals surface area contributed by atoms with E-state index in [2.05, 4.69) is 113 Å². The van der Waals surface area contributed by atoms with Gasteiger partial charge in [-0.3, -0.25) is 9.97 Å². The molecule has 0 amide bonds. The zero-order valence-corrected chi connectivity index (χ0v) is 21.3. The molecule has 0 aliphatic heterocycles. The van der Waals surface area contributed by atoms with Gasteiger partial charge >= 0.3 is 0 Å². The van der Waals surface area contributed by atoms with Gasteiger partial charge in [-0.1, -0.05) is 82.3 Å². The maximum absolute atomic E-state index is 4.87. The quantitative estimate of drug-likeness (QED) is 0.242. The van der Waals surface area contributed by atoms with E-state index in [1.165, 1.54) is 49.0 Å². The Morgan fingerprint density at radius 3 is 1.89 bits per heavy atom. The van der Waals surface area contributed by atoms with E-state index in [1.54, 1.807) is 0 Å². The minimum Gasteiger partial charge on any atom is -0.256 e. The maximum Gasteiger partial charge on any atom is 0.0780 e. The normalized spacial score (nSPS) is 11.8. The molecule has 36 heavy (non-hydrogen) atoms. The molecule has 0 saturated heterocycles. The van der Waals surface area contributed by atoms with Crippen molar-refractivity contribution in [3.8, 4) is 22.5 Å². The Morgan fingerprint density at radius 1 is 0.472 bits per heavy atom. The van der Waals surface area contributed by atoms with Gasteiger partial charge in [0, 0.05) is 34.3 Å². The molecule has 176 valence electrons. The minimum atomic E-state index is 0.472. The second-order valence-corrected chi connectivity index (χ2v) is 10.3. The third-order valence-corrected chi connectivity index (χ3v) is 7.29. The van der Waals surface area contributed by atoms with Crippen LogP contribution in [0.25, 0.3) is 54.8 Å². The average molecular weight is 467 g/mol. The lowest BCUT2D eigenvalue weighted by Crippen LogP contribution is -1.96. The van der Waals surface area contributed by atoms with Crippen LogP contribution in [0.4, 0.5) is 0 Å². The Hall–Kier alpha value is -4.04. The highest BCUT2D eigenvalue weighted by atomic mass is 14.7. The number of nitrogens with zero attached hydrogens (tertiary/aromatic N) is 2. The van der Waals surface area contributed by atoms with Gasteiger partial charge in [-0.2, -0.15) is 0 Å². The van der Waals surface area contributed by atoms with Gasteiger partial charge in [0.05, 0.1) is 11.4 Å². The summed E-state index contributed by atoms with van der Waals surface area (Å²) >= 11 is 0. The van der Waals surface area contributed by atoms with Crippen LogP contribution >= 0.6 is 0 Å². The largest absolute Gasteiger partial charge is 0.256 e. The summed E-state index contributed by atoms with van der Waals surface area (Å²) in [5.41, 5.74) is 7.15. The Kier molecular flexibility index (Phi) is 5.53. The van der Waals surface area contributed by atoms with Crippen LogP contribution in [0.1, 0.15) is 50.7 Å². The summed E-state index contributed by atoms with van der Waals surface area (Å²) in [6, 6.07) is 30.8. The molecule has 4 aromatic carbocycles. The van der Waals surface area contributed by atoms with E-state index in [0.717, 1.165) is 17.0 Å². The summed E-state index contributed by atoms with van der Waals surface area (Å²) in [6.07, 6.45) is 3.85. The highest BCUT2D eigenvalue weighted by Gasteiger charge is 2.14. The van der Waals surface area contributed by atoms with Crippen molar-refractivity contribution in [2.45, 2.75) is 39.5 Å². The molecule has 0 bridgehead atoms. The standard InChI is InChI=1S/C34H30N2/c1-21(2)26-18-27(22(3)4)20-28(19-26)34-32-12-9-24-17-25(10-11-29(24)31(32)14-16-36-34)33-30-8-6-5-7-23(30)13-15-35-33/h5-22H,1-4H3. The molecule has 0 radical (unpaired) electrons. The molecule has 0 fully saturated rings. The third-order valence-electron chi connectivity index (χ3n) is 7.29. The van der Waals surface area contributed by atoms with Crippen LogP contribution < -0.4 is 0 Å². The van der Waals surface area contributed by atoms with Crippen LogP contribution in [0.15, 0.2) is 97.3 Å². The molecule has 6 aromatic rings. The number of rotatable bonds is 4. The summed E-state index contributed by atoms with van der Waals surface area (Å²) in [4.78, 5) is 9.61. The highest BCUT2D eigenvalue weighted by molar-refractivity contribution is 6.12. The van der Waals surface area contributed by atoms with E-state index < -0.39 is 0 Å². The molecule has 2 nitrogen and oxygen atoms in total. The number of hydrogen-bond donors (Lipinski definition) is 0. The van der Waals surface area contributed by atoms with Gasteiger partial charge in [0.25, 0.3) is 0 Å². The van der Waals surface area contributed by atoms with Crippen LogP contribution in [-0.2, 0) is 0 Å². The predicted octanol–water partition coefficient (Wildman–Crippen LogP) is 9.52. The summed E-state index contributed by atoms with van der Waals surface area (Å²) in [5.74, 6) is 0.943. The van der Waals surface area contributed by atoms with Crippen molar-refractivity contribution < 1.29 is 0 Å². The molecular weight excluding hydrogens is 436 g/mol. The molecule has 0 aliphatic carbocycles. The number of fused-ring (bicyclic) bond motifs is 4. The lowest BCUT2D eigenvalue weighted by molar-refractivity contribution is 0.834. The highest BCUT2D eigenvalue weighted by Crippen LogP contribution is 2.36. The van der Waals surface area contributed by atoms with E-state index in [1.807, 2.05) is 12.4 Å². The Labute approximate surface area is 212 Å². The topological polar surface area (TPSA) is 25.8 Å². The second-order valence-electron chi connectivity index (χ2n) is 10.3. The number of pyridine rings is 2. The molecule has 0 aliphatic rings. The van der Waals surface area contributed by atoms with Gasteiger partial charge in [0.15, 0.2) is 0 Å². The van der Waals surface area contributed by atoms with Crippen molar-refractivity contribution in [2.75, 3.05) is 0 Å². The molecule has 0 N–H and O–H groups in total. The first-order valence-electron chi connectivity index (χ1n) is 12.8. The third kappa shape index (κ3) is 3.83. The SMILES string of the molecule is CC(C)c1cc(-c2nccc3c2ccc2cc(-c4nccc5ccccc45)ccc23)cc(C(C)C)c1. The lowest BCUT2D eigenvalue weighted by atomic mass is 9.90. The average Bonchev–Trinajstić information content (AvgIpc) is 2.91. The molecule has 0 saturated carbocycles. The van der Waals surface area contributed by atoms with Gasteiger partial charge in [0.2, 0.25) is 0 Å². The van der Waals surface area contributed by atoms with Crippen molar-refractivity contribution in [1.29, 1.82) is 0 Å². The lowest BCUT2D eigenvalue weighted by Gasteiger charge is -2.16. The molecule has 2 heteroatoms. The van der Waals surface area contributed by atoms with E-state index in [0.29, 0.717) is 11.8 Å². The molecule has 0 unspecified atom stereocenters. The first kappa shape index (κ1) is 22.4. The van der Waals surface area contributed by atoms with Crippen LogP contribution in [0, 0.1) is 0 Å². The Balaban J connectivity index is 1.53. The van der Waals surface area contributed by atoms with Gasteiger partial charge in [-0.05, 0) is 74.8 Å². The van der Waals surface area contributed by atoms with E-state index in [4.69, 9.17) is 9.97 Å². The van der Waals surface area contributed by atoms with Crippen molar-refractivity contribution in [2.24, 2.45) is 0 Å². The van der Waals surface area contributed by atoms with Gasteiger partial charge in [-0.15, -0.1) is 0 Å². The van der Waals surface area contributed by atoms with Crippen LogP contribution in [0.5, 0.6) is 0 Å².